The van der Waals surface area contributed by atoms with Crippen LogP contribution in [-0.2, 0) is 6.42 Å². The Morgan fingerprint density at radius 2 is 2.17 bits per heavy atom. The number of rotatable bonds is 2. The highest BCUT2D eigenvalue weighted by atomic mass is 35.5. The predicted molar refractivity (Wildman–Crippen MR) is 95.4 cm³/mol. The summed E-state index contributed by atoms with van der Waals surface area (Å²) in [4.78, 5) is 6.78. The van der Waals surface area contributed by atoms with Crippen molar-refractivity contribution in [1.29, 1.82) is 0 Å². The average molecular weight is 326 g/mol. The number of hydrogen-bond acceptors (Lipinski definition) is 2. The topological polar surface area (TPSA) is 21.1 Å². The Morgan fingerprint density at radius 1 is 1.30 bits per heavy atom. The minimum absolute atomic E-state index is 0.421. The van der Waals surface area contributed by atoms with Gasteiger partial charge in [0.1, 0.15) is 0 Å². The van der Waals surface area contributed by atoms with Crippen LogP contribution in [0.1, 0.15) is 30.6 Å². The fraction of sp³-hybridized carbons (Fsp3) is 0.316. The first-order valence-electron chi connectivity index (χ1n) is 8.14. The molecule has 0 spiro atoms. The molecule has 1 aromatic carbocycles. The second kappa shape index (κ2) is 5.66. The van der Waals surface area contributed by atoms with E-state index in [-0.39, 0.29) is 0 Å². The first kappa shape index (κ1) is 14.7. The second-order valence-electron chi connectivity index (χ2n) is 6.23. The summed E-state index contributed by atoms with van der Waals surface area (Å²) >= 11 is 6.28. The van der Waals surface area contributed by atoms with E-state index in [2.05, 4.69) is 46.6 Å². The third-order valence-electron chi connectivity index (χ3n) is 4.93. The Hall–Kier alpha value is -1.84. The molecule has 0 radical (unpaired) electrons. The largest absolute Gasteiger partial charge is 0.310 e. The maximum absolute atomic E-state index is 6.28. The molecule has 4 heteroatoms. The first-order valence-corrected chi connectivity index (χ1v) is 8.52. The molecule has 4 rings (SSSR count). The molecule has 0 N–H and O–H groups in total. The van der Waals surface area contributed by atoms with Gasteiger partial charge >= 0.3 is 0 Å². The van der Waals surface area contributed by atoms with Crippen molar-refractivity contribution in [2.45, 2.75) is 25.8 Å². The van der Waals surface area contributed by atoms with Gasteiger partial charge in [0.05, 0.1) is 23.4 Å². The number of fused-ring (bicyclic) bond motifs is 3. The van der Waals surface area contributed by atoms with Crippen LogP contribution in [0.15, 0.2) is 42.7 Å². The molecular formula is C19H20ClN3. The molecule has 3 nitrogen and oxygen atoms in total. The third kappa shape index (κ3) is 2.27. The van der Waals surface area contributed by atoms with E-state index in [0.717, 1.165) is 30.1 Å². The summed E-state index contributed by atoms with van der Waals surface area (Å²) in [5.74, 6) is 0. The Kier molecular flexibility index (Phi) is 3.63. The molecule has 1 aliphatic heterocycles. The van der Waals surface area contributed by atoms with Gasteiger partial charge in [-0.15, -0.1) is 0 Å². The molecule has 3 heterocycles. The molecule has 23 heavy (non-hydrogen) atoms. The molecule has 0 saturated heterocycles. The van der Waals surface area contributed by atoms with Crippen molar-refractivity contribution in [3.8, 4) is 5.69 Å². The van der Waals surface area contributed by atoms with E-state index >= 15 is 0 Å². The van der Waals surface area contributed by atoms with Crippen LogP contribution < -0.4 is 0 Å². The lowest BCUT2D eigenvalue weighted by atomic mass is 9.96. The van der Waals surface area contributed by atoms with Crippen molar-refractivity contribution in [3.63, 3.8) is 0 Å². The molecular weight excluding hydrogens is 306 g/mol. The van der Waals surface area contributed by atoms with E-state index in [1.54, 1.807) is 0 Å². The summed E-state index contributed by atoms with van der Waals surface area (Å²) in [6.45, 7) is 3.35. The highest BCUT2D eigenvalue weighted by molar-refractivity contribution is 6.31. The van der Waals surface area contributed by atoms with Gasteiger partial charge in [0.15, 0.2) is 0 Å². The molecule has 0 amide bonds. The fourth-order valence-electron chi connectivity index (χ4n) is 3.88. The molecule has 0 fully saturated rings. The van der Waals surface area contributed by atoms with Crippen LogP contribution in [0.5, 0.6) is 0 Å². The lowest BCUT2D eigenvalue weighted by molar-refractivity contribution is 0.219. The van der Waals surface area contributed by atoms with Crippen LogP contribution in [-0.4, -0.2) is 28.0 Å². The second-order valence-corrected chi connectivity index (χ2v) is 6.66. The molecule has 3 aromatic rings. The van der Waals surface area contributed by atoms with E-state index in [0.29, 0.717) is 6.04 Å². The molecule has 1 atom stereocenters. The van der Waals surface area contributed by atoms with Crippen LogP contribution in [0.2, 0.25) is 5.02 Å². The van der Waals surface area contributed by atoms with Crippen LogP contribution in [0, 0.1) is 0 Å². The lowest BCUT2D eigenvalue weighted by Gasteiger charge is -2.33. The van der Waals surface area contributed by atoms with E-state index in [1.807, 2.05) is 24.5 Å². The molecule has 0 aliphatic carbocycles. The van der Waals surface area contributed by atoms with Gasteiger partial charge in [0, 0.05) is 28.8 Å². The Balaban J connectivity index is 2.10. The van der Waals surface area contributed by atoms with E-state index in [9.17, 15) is 0 Å². The summed E-state index contributed by atoms with van der Waals surface area (Å²) in [7, 11) is 2.22. The molecule has 118 valence electrons. The number of nitrogens with zero attached hydrogens (tertiary/aromatic N) is 3. The summed E-state index contributed by atoms with van der Waals surface area (Å²) in [5, 5.41) is 2.08. The molecule has 1 aliphatic rings. The minimum Gasteiger partial charge on any atom is -0.310 e. The smallest absolute Gasteiger partial charge is 0.0642 e. The van der Waals surface area contributed by atoms with Gasteiger partial charge in [-0.1, -0.05) is 18.5 Å². The van der Waals surface area contributed by atoms with E-state index in [1.165, 1.54) is 22.2 Å². The summed E-state index contributed by atoms with van der Waals surface area (Å²) in [6.07, 6.45) is 5.91. The van der Waals surface area contributed by atoms with Gasteiger partial charge in [-0.3, -0.25) is 9.88 Å². The number of benzene rings is 1. The molecule has 0 bridgehead atoms. The summed E-state index contributed by atoms with van der Waals surface area (Å²) in [5.41, 5.74) is 5.18. The number of hydrogen-bond donors (Lipinski definition) is 0. The third-order valence-corrected chi connectivity index (χ3v) is 5.16. The van der Waals surface area contributed by atoms with Gasteiger partial charge in [-0.05, 0) is 55.8 Å². The van der Waals surface area contributed by atoms with Gasteiger partial charge in [-0.25, -0.2) is 0 Å². The zero-order valence-electron chi connectivity index (χ0n) is 13.5. The maximum Gasteiger partial charge on any atom is 0.0642 e. The van der Waals surface area contributed by atoms with Gasteiger partial charge in [0.2, 0.25) is 0 Å². The maximum atomic E-state index is 6.28. The zero-order chi connectivity index (χ0) is 16.0. The standard InChI is InChI=1S/C19H20ClN3/c1-3-17-19-15(8-10-22(17)2)16-11-13(20)6-7-18(16)23(19)14-5-4-9-21-12-14/h4-7,9,11-12,17H,3,8,10H2,1-2H3. The van der Waals surface area contributed by atoms with Gasteiger partial charge in [-0.2, -0.15) is 0 Å². The predicted octanol–water partition coefficient (Wildman–Crippen LogP) is 4.62. The Bertz CT molecular complexity index is 854. The summed E-state index contributed by atoms with van der Waals surface area (Å²) < 4.78 is 2.37. The Morgan fingerprint density at radius 3 is 2.91 bits per heavy atom. The van der Waals surface area contributed by atoms with Crippen LogP contribution in [0.25, 0.3) is 16.6 Å². The molecule has 0 saturated carbocycles. The highest BCUT2D eigenvalue weighted by Crippen LogP contribution is 2.40. The van der Waals surface area contributed by atoms with Crippen molar-refractivity contribution in [2.24, 2.45) is 0 Å². The number of aromatic nitrogens is 2. The molecule has 1 unspecified atom stereocenters. The van der Waals surface area contributed by atoms with Crippen molar-refractivity contribution < 1.29 is 0 Å². The fourth-order valence-corrected chi connectivity index (χ4v) is 4.05. The number of halogens is 1. The van der Waals surface area contributed by atoms with Crippen LogP contribution >= 0.6 is 11.6 Å². The van der Waals surface area contributed by atoms with Gasteiger partial charge < -0.3 is 4.57 Å². The quantitative estimate of drug-likeness (QED) is 0.685. The SMILES string of the molecule is CCC1c2c(c3cc(Cl)ccc3n2-c2cccnc2)CCN1C. The summed E-state index contributed by atoms with van der Waals surface area (Å²) in [6, 6.07) is 10.8. The van der Waals surface area contributed by atoms with Crippen molar-refractivity contribution in [2.75, 3.05) is 13.6 Å². The lowest BCUT2D eigenvalue weighted by Crippen LogP contribution is -2.32. The van der Waals surface area contributed by atoms with Crippen LogP contribution in [0.4, 0.5) is 0 Å². The first-order chi connectivity index (χ1) is 11.2. The van der Waals surface area contributed by atoms with Crippen LogP contribution in [0.3, 0.4) is 0 Å². The van der Waals surface area contributed by atoms with Crippen molar-refractivity contribution in [3.05, 3.63) is 59.0 Å². The van der Waals surface area contributed by atoms with Crippen molar-refractivity contribution >= 4 is 22.5 Å². The Labute approximate surface area is 141 Å². The number of likely N-dealkylation sites (N-methyl/N-ethyl adjacent to an activating group) is 1. The van der Waals surface area contributed by atoms with E-state index in [4.69, 9.17) is 11.6 Å². The average Bonchev–Trinajstić information content (AvgIpc) is 2.89. The zero-order valence-corrected chi connectivity index (χ0v) is 14.2. The highest BCUT2D eigenvalue weighted by Gasteiger charge is 2.30. The minimum atomic E-state index is 0.421. The van der Waals surface area contributed by atoms with E-state index < -0.39 is 0 Å². The van der Waals surface area contributed by atoms with Crippen molar-refractivity contribution in [1.82, 2.24) is 14.5 Å². The molecule has 2 aromatic heterocycles. The normalized spacial score (nSPS) is 18.3. The monoisotopic (exact) mass is 325 g/mol. The van der Waals surface area contributed by atoms with Gasteiger partial charge in [0.25, 0.3) is 0 Å². The number of pyridine rings is 1.